The Hall–Kier alpha value is -1.55. The van der Waals surface area contributed by atoms with Crippen LogP contribution < -0.4 is 5.73 Å². The number of hydrogen-bond donors (Lipinski definition) is 2. The molecular weight excluding hydrogens is 216 g/mol. The fraction of sp³-hybridized carbons (Fsp3) is 0.462. The van der Waals surface area contributed by atoms with Crippen LogP contribution in [0, 0.1) is 6.92 Å². The molecular formula is C13H18N2O2. The van der Waals surface area contributed by atoms with E-state index in [1.54, 1.807) is 11.0 Å². The van der Waals surface area contributed by atoms with Crippen LogP contribution in [0.3, 0.4) is 0 Å². The van der Waals surface area contributed by atoms with Gasteiger partial charge in [0.2, 0.25) is 0 Å². The molecule has 0 spiro atoms. The summed E-state index contributed by atoms with van der Waals surface area (Å²) in [6.07, 6.45) is 1.84. The van der Waals surface area contributed by atoms with Crippen LogP contribution in [0.2, 0.25) is 0 Å². The number of aliphatic hydroxyl groups is 1. The van der Waals surface area contributed by atoms with E-state index in [0.29, 0.717) is 11.3 Å². The molecule has 1 aliphatic heterocycles. The minimum absolute atomic E-state index is 0.0306. The standard InChI is InChI=1S/C13H18N2O2/c1-9-5-10(7-11(14)6-9)13(17)15-4-2-3-12(15)8-16/h5-7,12,16H,2-4,8,14H2,1H3/t12-/m1/s1. The Morgan fingerprint density at radius 3 is 2.94 bits per heavy atom. The van der Waals surface area contributed by atoms with Crippen LogP contribution in [0.5, 0.6) is 0 Å². The van der Waals surface area contributed by atoms with Crippen LogP contribution in [-0.4, -0.2) is 35.1 Å². The molecule has 0 aliphatic carbocycles. The van der Waals surface area contributed by atoms with Crippen LogP contribution in [0.15, 0.2) is 18.2 Å². The van der Waals surface area contributed by atoms with Gasteiger partial charge in [-0.25, -0.2) is 0 Å². The third kappa shape index (κ3) is 2.42. The lowest BCUT2D eigenvalue weighted by atomic mass is 10.1. The molecule has 1 aromatic carbocycles. The Morgan fingerprint density at radius 2 is 2.29 bits per heavy atom. The van der Waals surface area contributed by atoms with Crippen molar-refractivity contribution in [1.29, 1.82) is 0 Å². The van der Waals surface area contributed by atoms with E-state index in [9.17, 15) is 9.90 Å². The Balaban J connectivity index is 2.24. The Labute approximate surface area is 101 Å². The number of likely N-dealkylation sites (tertiary alicyclic amines) is 1. The van der Waals surface area contributed by atoms with Gasteiger partial charge in [0.1, 0.15) is 0 Å². The fourth-order valence-corrected chi connectivity index (χ4v) is 2.39. The molecule has 0 saturated carbocycles. The summed E-state index contributed by atoms with van der Waals surface area (Å²) in [5.74, 6) is -0.0306. The van der Waals surface area contributed by atoms with Crippen molar-refractivity contribution < 1.29 is 9.90 Å². The summed E-state index contributed by atoms with van der Waals surface area (Å²) in [5.41, 5.74) is 7.94. The van der Waals surface area contributed by atoms with Gasteiger partial charge < -0.3 is 15.7 Å². The quantitative estimate of drug-likeness (QED) is 0.755. The fourth-order valence-electron chi connectivity index (χ4n) is 2.39. The van der Waals surface area contributed by atoms with Crippen molar-refractivity contribution in [2.75, 3.05) is 18.9 Å². The molecule has 17 heavy (non-hydrogen) atoms. The van der Waals surface area contributed by atoms with E-state index in [1.807, 2.05) is 19.1 Å². The maximum Gasteiger partial charge on any atom is 0.254 e. The first-order valence-electron chi connectivity index (χ1n) is 5.91. The number of nitrogens with zero attached hydrogens (tertiary/aromatic N) is 1. The predicted octanol–water partition coefficient (Wildman–Crippen LogP) is 1.17. The van der Waals surface area contributed by atoms with Gasteiger partial charge in [-0.05, 0) is 43.5 Å². The molecule has 4 nitrogen and oxygen atoms in total. The number of amides is 1. The van der Waals surface area contributed by atoms with Crippen molar-refractivity contribution in [3.05, 3.63) is 29.3 Å². The Kier molecular flexibility index (Phi) is 3.33. The van der Waals surface area contributed by atoms with Crippen molar-refractivity contribution in [2.45, 2.75) is 25.8 Å². The lowest BCUT2D eigenvalue weighted by Crippen LogP contribution is -2.37. The van der Waals surface area contributed by atoms with E-state index < -0.39 is 0 Å². The van der Waals surface area contributed by atoms with Crippen molar-refractivity contribution in [3.8, 4) is 0 Å². The average molecular weight is 234 g/mol. The van der Waals surface area contributed by atoms with Gasteiger partial charge in [-0.1, -0.05) is 0 Å². The second kappa shape index (κ2) is 4.75. The topological polar surface area (TPSA) is 66.6 Å². The van der Waals surface area contributed by atoms with Crippen LogP contribution in [-0.2, 0) is 0 Å². The van der Waals surface area contributed by atoms with E-state index in [4.69, 9.17) is 5.73 Å². The predicted molar refractivity (Wildman–Crippen MR) is 66.7 cm³/mol. The van der Waals surface area contributed by atoms with Crippen molar-refractivity contribution in [2.24, 2.45) is 0 Å². The first-order chi connectivity index (χ1) is 8.11. The maximum absolute atomic E-state index is 12.3. The Morgan fingerprint density at radius 1 is 1.53 bits per heavy atom. The summed E-state index contributed by atoms with van der Waals surface area (Å²) >= 11 is 0. The molecule has 1 aromatic rings. The molecule has 4 heteroatoms. The molecule has 1 aliphatic rings. The molecule has 1 fully saturated rings. The van der Waals surface area contributed by atoms with Crippen molar-refractivity contribution in [1.82, 2.24) is 4.90 Å². The zero-order valence-electron chi connectivity index (χ0n) is 10.0. The molecule has 0 unspecified atom stereocenters. The smallest absolute Gasteiger partial charge is 0.254 e. The minimum Gasteiger partial charge on any atom is -0.399 e. The van der Waals surface area contributed by atoms with Gasteiger partial charge >= 0.3 is 0 Å². The number of aliphatic hydroxyl groups excluding tert-OH is 1. The number of rotatable bonds is 2. The number of benzene rings is 1. The zero-order chi connectivity index (χ0) is 12.4. The summed E-state index contributed by atoms with van der Waals surface area (Å²) in [5, 5.41) is 9.22. The molecule has 1 saturated heterocycles. The number of anilines is 1. The van der Waals surface area contributed by atoms with Gasteiger partial charge in [-0.2, -0.15) is 0 Å². The highest BCUT2D eigenvalue weighted by Crippen LogP contribution is 2.21. The van der Waals surface area contributed by atoms with Crippen molar-refractivity contribution >= 4 is 11.6 Å². The highest BCUT2D eigenvalue weighted by atomic mass is 16.3. The largest absolute Gasteiger partial charge is 0.399 e. The van der Waals surface area contributed by atoms with Gasteiger partial charge in [-0.3, -0.25) is 4.79 Å². The third-order valence-corrected chi connectivity index (χ3v) is 3.20. The lowest BCUT2D eigenvalue weighted by molar-refractivity contribution is 0.0677. The summed E-state index contributed by atoms with van der Waals surface area (Å²) < 4.78 is 0. The lowest BCUT2D eigenvalue weighted by Gasteiger charge is -2.23. The zero-order valence-corrected chi connectivity index (χ0v) is 10.0. The second-order valence-corrected chi connectivity index (χ2v) is 4.61. The molecule has 0 radical (unpaired) electrons. The SMILES string of the molecule is Cc1cc(N)cc(C(=O)N2CCC[C@@H]2CO)c1. The summed E-state index contributed by atoms with van der Waals surface area (Å²) in [6, 6.07) is 5.34. The monoisotopic (exact) mass is 234 g/mol. The number of nitrogen functional groups attached to an aromatic ring is 1. The van der Waals surface area contributed by atoms with E-state index in [0.717, 1.165) is 24.9 Å². The van der Waals surface area contributed by atoms with E-state index in [1.165, 1.54) is 0 Å². The maximum atomic E-state index is 12.3. The highest BCUT2D eigenvalue weighted by Gasteiger charge is 2.28. The first-order valence-corrected chi connectivity index (χ1v) is 5.91. The van der Waals surface area contributed by atoms with Gasteiger partial charge in [0.05, 0.1) is 12.6 Å². The molecule has 92 valence electrons. The van der Waals surface area contributed by atoms with Crippen LogP contribution in [0.4, 0.5) is 5.69 Å². The highest BCUT2D eigenvalue weighted by molar-refractivity contribution is 5.95. The van der Waals surface area contributed by atoms with Crippen LogP contribution >= 0.6 is 0 Å². The number of hydrogen-bond acceptors (Lipinski definition) is 3. The van der Waals surface area contributed by atoms with Crippen molar-refractivity contribution in [3.63, 3.8) is 0 Å². The van der Waals surface area contributed by atoms with E-state index >= 15 is 0 Å². The van der Waals surface area contributed by atoms with Gasteiger partial charge in [0.25, 0.3) is 5.91 Å². The number of aryl methyl sites for hydroxylation is 1. The number of carbonyl (C=O) groups excluding carboxylic acids is 1. The summed E-state index contributed by atoms with van der Waals surface area (Å²) in [6.45, 7) is 2.67. The Bertz CT molecular complexity index is 411. The number of nitrogens with two attached hydrogens (primary N) is 1. The van der Waals surface area contributed by atoms with E-state index in [-0.39, 0.29) is 18.6 Å². The summed E-state index contributed by atoms with van der Waals surface area (Å²) in [7, 11) is 0. The van der Waals surface area contributed by atoms with Gasteiger partial charge in [0.15, 0.2) is 0 Å². The van der Waals surface area contributed by atoms with E-state index in [2.05, 4.69) is 0 Å². The molecule has 1 atom stereocenters. The van der Waals surface area contributed by atoms with Crippen LogP contribution in [0.1, 0.15) is 28.8 Å². The molecule has 2 rings (SSSR count). The molecule has 1 amide bonds. The van der Waals surface area contributed by atoms with Gasteiger partial charge in [0, 0.05) is 17.8 Å². The first kappa shape index (κ1) is 11.9. The molecule has 1 heterocycles. The normalized spacial score (nSPS) is 19.6. The molecule has 0 bridgehead atoms. The molecule has 3 N–H and O–H groups in total. The minimum atomic E-state index is -0.0377. The number of carbonyl (C=O) groups is 1. The van der Waals surface area contributed by atoms with Gasteiger partial charge in [-0.15, -0.1) is 0 Å². The summed E-state index contributed by atoms with van der Waals surface area (Å²) in [4.78, 5) is 14.0. The van der Waals surface area contributed by atoms with Crippen LogP contribution in [0.25, 0.3) is 0 Å². The average Bonchev–Trinajstić information content (AvgIpc) is 2.74. The third-order valence-electron chi connectivity index (χ3n) is 3.20. The molecule has 0 aromatic heterocycles. The second-order valence-electron chi connectivity index (χ2n) is 4.61.